The summed E-state index contributed by atoms with van der Waals surface area (Å²) in [5.41, 5.74) is 5.15. The minimum absolute atomic E-state index is 0.0418. The molecule has 0 saturated carbocycles. The Hall–Kier alpha value is -3.92. The maximum absolute atomic E-state index is 12.4. The first-order valence-corrected chi connectivity index (χ1v) is 10.4. The van der Waals surface area contributed by atoms with Gasteiger partial charge in [-0.25, -0.2) is 4.68 Å². The number of hydrogen-bond donors (Lipinski definition) is 0. The molecule has 0 atom stereocenters. The van der Waals surface area contributed by atoms with Crippen LogP contribution in [0.15, 0.2) is 108 Å². The second-order valence-electron chi connectivity index (χ2n) is 7.77. The highest BCUT2D eigenvalue weighted by Gasteiger charge is 2.40. The first-order valence-electron chi connectivity index (χ1n) is 10.4. The van der Waals surface area contributed by atoms with E-state index in [9.17, 15) is 4.79 Å². The monoisotopic (exact) mass is 405 g/mol. The van der Waals surface area contributed by atoms with Gasteiger partial charge in [-0.2, -0.15) is 5.10 Å². The van der Waals surface area contributed by atoms with Crippen molar-refractivity contribution in [3.63, 3.8) is 0 Å². The van der Waals surface area contributed by atoms with Gasteiger partial charge in [0.2, 0.25) is 0 Å². The Morgan fingerprint density at radius 1 is 0.677 bits per heavy atom. The number of rotatable bonds is 4. The third-order valence-corrected chi connectivity index (χ3v) is 6.01. The highest BCUT2D eigenvalue weighted by Crippen LogP contribution is 2.42. The van der Waals surface area contributed by atoms with Gasteiger partial charge < -0.3 is 4.57 Å². The van der Waals surface area contributed by atoms with Crippen LogP contribution in [0.4, 0.5) is 0 Å². The highest BCUT2D eigenvalue weighted by molar-refractivity contribution is 5.79. The van der Waals surface area contributed by atoms with Crippen LogP contribution in [0.5, 0.6) is 0 Å². The molecule has 4 nitrogen and oxygen atoms in total. The zero-order chi connectivity index (χ0) is 21.4. The lowest BCUT2D eigenvalue weighted by molar-refractivity contribution is 0.473. The van der Waals surface area contributed by atoms with Crippen molar-refractivity contribution in [2.45, 2.75) is 12.5 Å². The van der Waals surface area contributed by atoms with Crippen LogP contribution in [0, 0.1) is 6.92 Å². The van der Waals surface area contributed by atoms with Crippen LogP contribution in [-0.2, 0) is 12.6 Å². The van der Waals surface area contributed by atoms with Gasteiger partial charge in [-0.3, -0.25) is 4.79 Å². The first-order chi connectivity index (χ1) is 15.1. The highest BCUT2D eigenvalue weighted by atomic mass is 16.1. The van der Waals surface area contributed by atoms with Crippen molar-refractivity contribution in [1.29, 1.82) is 0 Å². The third kappa shape index (κ3) is 2.83. The molecule has 0 radical (unpaired) electrons. The summed E-state index contributed by atoms with van der Waals surface area (Å²) >= 11 is 0. The number of pyridine rings is 1. The van der Waals surface area contributed by atoms with Crippen molar-refractivity contribution in [3.8, 4) is 0 Å². The summed E-state index contributed by atoms with van der Waals surface area (Å²) in [4.78, 5) is 12.4. The van der Waals surface area contributed by atoms with Crippen molar-refractivity contribution < 1.29 is 0 Å². The Morgan fingerprint density at radius 2 is 1.13 bits per heavy atom. The van der Waals surface area contributed by atoms with E-state index in [1.54, 1.807) is 17.7 Å². The smallest absolute Gasteiger partial charge is 0.250 e. The number of aryl methyl sites for hydroxylation is 2. The maximum Gasteiger partial charge on any atom is 0.250 e. The van der Waals surface area contributed by atoms with Crippen molar-refractivity contribution in [2.75, 3.05) is 0 Å². The Labute approximate surface area is 181 Å². The average molecular weight is 406 g/mol. The van der Waals surface area contributed by atoms with E-state index in [-0.39, 0.29) is 5.56 Å². The normalized spacial score (nSPS) is 11.7. The van der Waals surface area contributed by atoms with Gasteiger partial charge in [-0.1, -0.05) is 91.0 Å². The predicted octanol–water partition coefficient (Wildman–Crippen LogP) is 4.88. The summed E-state index contributed by atoms with van der Waals surface area (Å²) in [7, 11) is 1.80. The van der Waals surface area contributed by atoms with Crippen LogP contribution in [0.1, 0.15) is 22.4 Å². The zero-order valence-corrected chi connectivity index (χ0v) is 17.6. The van der Waals surface area contributed by atoms with Crippen molar-refractivity contribution in [3.05, 3.63) is 136 Å². The molecule has 0 unspecified atom stereocenters. The lowest BCUT2D eigenvalue weighted by atomic mass is 9.77. The van der Waals surface area contributed by atoms with E-state index in [0.29, 0.717) is 0 Å². The summed E-state index contributed by atoms with van der Waals surface area (Å²) in [5, 5.41) is 5.05. The molecule has 5 aromatic rings. The van der Waals surface area contributed by atoms with E-state index < -0.39 is 5.54 Å². The van der Waals surface area contributed by atoms with Crippen molar-refractivity contribution in [1.82, 2.24) is 14.3 Å². The zero-order valence-electron chi connectivity index (χ0n) is 17.6. The van der Waals surface area contributed by atoms with E-state index >= 15 is 0 Å². The van der Waals surface area contributed by atoms with E-state index in [2.05, 4.69) is 77.5 Å². The summed E-state index contributed by atoms with van der Waals surface area (Å²) in [5.74, 6) is 0. The summed E-state index contributed by atoms with van der Waals surface area (Å²) in [6, 6.07) is 34.8. The second kappa shape index (κ2) is 7.40. The fraction of sp³-hybridized carbons (Fsp3) is 0.111. The molecule has 3 aromatic carbocycles. The Balaban J connectivity index is 2.01. The molecular formula is C27H23N3O. The van der Waals surface area contributed by atoms with E-state index in [1.807, 2.05) is 31.2 Å². The van der Waals surface area contributed by atoms with Gasteiger partial charge in [0.05, 0.1) is 16.7 Å². The van der Waals surface area contributed by atoms with E-state index in [1.165, 1.54) is 0 Å². The molecule has 152 valence electrons. The Kier molecular flexibility index (Phi) is 4.55. The quantitative estimate of drug-likeness (QED) is 0.400. The van der Waals surface area contributed by atoms with Crippen LogP contribution in [-0.4, -0.2) is 14.3 Å². The molecule has 0 aliphatic heterocycles. The number of fused-ring (bicyclic) bond motifs is 1. The van der Waals surface area contributed by atoms with Gasteiger partial charge in [-0.15, -0.1) is 0 Å². The number of benzene rings is 3. The Bertz CT molecular complexity index is 1300. The molecule has 0 bridgehead atoms. The number of hydrogen-bond acceptors (Lipinski definition) is 2. The van der Waals surface area contributed by atoms with E-state index in [0.717, 1.165) is 33.4 Å². The minimum Gasteiger partial charge on any atom is -0.308 e. The van der Waals surface area contributed by atoms with Crippen LogP contribution < -0.4 is 5.56 Å². The molecule has 5 rings (SSSR count). The van der Waals surface area contributed by atoms with Crippen molar-refractivity contribution >= 4 is 11.0 Å². The third-order valence-electron chi connectivity index (χ3n) is 6.01. The molecule has 2 aromatic heterocycles. The largest absolute Gasteiger partial charge is 0.308 e. The topological polar surface area (TPSA) is 39.8 Å². The van der Waals surface area contributed by atoms with Crippen LogP contribution in [0.2, 0.25) is 0 Å². The van der Waals surface area contributed by atoms with Crippen molar-refractivity contribution in [2.24, 2.45) is 7.05 Å². The van der Waals surface area contributed by atoms with Crippen LogP contribution >= 0.6 is 0 Å². The summed E-state index contributed by atoms with van der Waals surface area (Å²) < 4.78 is 3.76. The molecular weight excluding hydrogens is 382 g/mol. The Morgan fingerprint density at radius 3 is 1.58 bits per heavy atom. The first kappa shape index (κ1) is 19.1. The molecule has 31 heavy (non-hydrogen) atoms. The minimum atomic E-state index is -0.701. The molecule has 0 amide bonds. The maximum atomic E-state index is 12.4. The molecule has 0 N–H and O–H groups in total. The SMILES string of the molecule is Cc1nn(C(c2ccccc2)(c2ccccc2)c2ccccc2)c2ccc(=O)n(C)c12. The summed E-state index contributed by atoms with van der Waals surface area (Å²) in [6.45, 7) is 1.96. The second-order valence-corrected chi connectivity index (χ2v) is 7.77. The van der Waals surface area contributed by atoms with Crippen LogP contribution in [0.3, 0.4) is 0 Å². The lowest BCUT2D eigenvalue weighted by Crippen LogP contribution is -2.38. The molecule has 0 spiro atoms. The molecule has 4 heteroatoms. The summed E-state index contributed by atoms with van der Waals surface area (Å²) in [6.07, 6.45) is 0. The molecule has 2 heterocycles. The van der Waals surface area contributed by atoms with Gasteiger partial charge in [0.25, 0.3) is 5.56 Å². The van der Waals surface area contributed by atoms with Gasteiger partial charge in [0, 0.05) is 13.1 Å². The molecule has 0 aliphatic carbocycles. The fourth-order valence-electron chi connectivity index (χ4n) is 4.63. The van der Waals surface area contributed by atoms with E-state index in [4.69, 9.17) is 5.10 Å². The number of nitrogens with zero attached hydrogens (tertiary/aromatic N) is 3. The lowest BCUT2D eigenvalue weighted by Gasteiger charge is -2.37. The van der Waals surface area contributed by atoms with Gasteiger partial charge >= 0.3 is 0 Å². The molecule has 0 fully saturated rings. The van der Waals surface area contributed by atoms with Gasteiger partial charge in [-0.05, 0) is 29.7 Å². The van der Waals surface area contributed by atoms with Gasteiger partial charge in [0.1, 0.15) is 5.54 Å². The standard InChI is InChI=1S/C27H23N3O/c1-20-26-24(18-19-25(31)29(26)2)30(28-20)27(21-12-6-3-7-13-21,22-14-8-4-9-15-22)23-16-10-5-11-17-23/h3-19H,1-2H3. The van der Waals surface area contributed by atoms with Gasteiger partial charge in [0.15, 0.2) is 0 Å². The molecule has 0 saturated heterocycles. The predicted molar refractivity (Wildman–Crippen MR) is 124 cm³/mol. The average Bonchev–Trinajstić information content (AvgIpc) is 3.16. The fourth-order valence-corrected chi connectivity index (χ4v) is 4.63. The molecule has 0 aliphatic rings. The number of aromatic nitrogens is 3. The van der Waals surface area contributed by atoms with Crippen LogP contribution in [0.25, 0.3) is 11.0 Å².